The third-order valence-corrected chi connectivity index (χ3v) is 6.58. The van der Waals surface area contributed by atoms with Gasteiger partial charge in [0.05, 0.1) is 12.2 Å². The second kappa shape index (κ2) is 11.4. The Bertz CT molecular complexity index is 929. The Morgan fingerprint density at radius 3 is 2.36 bits per heavy atom. The van der Waals surface area contributed by atoms with Crippen molar-refractivity contribution in [2.75, 3.05) is 18.2 Å². The minimum Gasteiger partial charge on any atom is -0.454 e. The average molecular weight is 493 g/mol. The number of halogens is 1. The molecule has 0 aromatic heterocycles. The minimum atomic E-state index is -0.915. The normalized spacial score (nSPS) is 29.0. The third-order valence-electron chi connectivity index (χ3n) is 5.32. The Morgan fingerprint density at radius 2 is 1.70 bits per heavy atom. The molecule has 2 fully saturated rings. The van der Waals surface area contributed by atoms with Gasteiger partial charge in [-0.25, -0.2) is 4.79 Å². The number of ether oxygens (including phenoxy) is 5. The van der Waals surface area contributed by atoms with Crippen molar-refractivity contribution in [3.8, 4) is 0 Å². The Kier molecular flexibility index (Phi) is 8.27. The van der Waals surface area contributed by atoms with Crippen LogP contribution in [0.15, 0.2) is 60.7 Å². The molecule has 0 N–H and O–H groups in total. The molecule has 2 heterocycles. The molecule has 0 saturated carbocycles. The van der Waals surface area contributed by atoms with Crippen molar-refractivity contribution in [2.45, 2.75) is 43.1 Å². The lowest BCUT2D eigenvalue weighted by atomic mass is 9.98. The van der Waals surface area contributed by atoms with Crippen LogP contribution in [0, 0.1) is 0 Å². The van der Waals surface area contributed by atoms with Gasteiger partial charge in [-0.3, -0.25) is 4.79 Å². The van der Waals surface area contributed by atoms with E-state index in [2.05, 4.69) is 0 Å². The van der Waals surface area contributed by atoms with Gasteiger partial charge in [-0.05, 0) is 17.9 Å². The van der Waals surface area contributed by atoms with Gasteiger partial charge in [-0.1, -0.05) is 55.5 Å². The van der Waals surface area contributed by atoms with Gasteiger partial charge in [0, 0.05) is 5.56 Å². The zero-order valence-corrected chi connectivity index (χ0v) is 19.6. The number of rotatable bonds is 7. The molecular weight excluding hydrogens is 468 g/mol. The zero-order chi connectivity index (χ0) is 23.2. The van der Waals surface area contributed by atoms with Crippen LogP contribution in [0.2, 0.25) is 0 Å². The second-order valence-electron chi connectivity index (χ2n) is 7.50. The molecule has 0 unspecified atom stereocenters. The molecule has 0 aliphatic carbocycles. The monoisotopic (exact) mass is 492 g/mol. The van der Waals surface area contributed by atoms with Crippen molar-refractivity contribution < 1.29 is 33.3 Å². The van der Waals surface area contributed by atoms with Crippen molar-refractivity contribution in [1.82, 2.24) is 0 Å². The first-order valence-corrected chi connectivity index (χ1v) is 12.3. The maximum Gasteiger partial charge on any atom is 0.338 e. The van der Waals surface area contributed by atoms with E-state index in [4.69, 9.17) is 35.3 Å². The average Bonchev–Trinajstić information content (AvgIpc) is 2.86. The highest BCUT2D eigenvalue weighted by atomic mass is 35.5. The summed E-state index contributed by atoms with van der Waals surface area (Å²) in [5.74, 6) is -0.804. The lowest BCUT2D eigenvalue weighted by Crippen LogP contribution is -2.63. The molecule has 7 nitrogen and oxygen atoms in total. The fourth-order valence-corrected chi connectivity index (χ4v) is 4.85. The van der Waals surface area contributed by atoms with Gasteiger partial charge in [0.1, 0.15) is 23.5 Å². The van der Waals surface area contributed by atoms with Gasteiger partial charge in [-0.15, -0.1) is 23.4 Å². The molecule has 0 bridgehead atoms. The van der Waals surface area contributed by atoms with E-state index in [1.165, 1.54) is 11.8 Å². The number of esters is 2. The molecule has 4 rings (SSSR count). The van der Waals surface area contributed by atoms with Gasteiger partial charge in [0.25, 0.3) is 0 Å². The Hall–Kier alpha value is -2.10. The summed E-state index contributed by atoms with van der Waals surface area (Å²) in [6, 6.07) is 18.1. The number of benzene rings is 2. The van der Waals surface area contributed by atoms with Crippen LogP contribution in [0.4, 0.5) is 0 Å². The molecule has 2 aliphatic rings. The topological polar surface area (TPSA) is 80.3 Å². The van der Waals surface area contributed by atoms with Crippen molar-refractivity contribution in [2.24, 2.45) is 0 Å². The molecule has 0 radical (unpaired) electrons. The van der Waals surface area contributed by atoms with Crippen molar-refractivity contribution in [3.05, 3.63) is 71.8 Å². The van der Waals surface area contributed by atoms with E-state index < -0.39 is 48.1 Å². The number of thioether (sulfide) groups is 1. The quantitative estimate of drug-likeness (QED) is 0.424. The van der Waals surface area contributed by atoms with Crippen molar-refractivity contribution in [1.29, 1.82) is 0 Å². The maximum atomic E-state index is 12.9. The summed E-state index contributed by atoms with van der Waals surface area (Å²) in [5.41, 5.74) is 0.635. The predicted molar refractivity (Wildman–Crippen MR) is 123 cm³/mol. The smallest absolute Gasteiger partial charge is 0.338 e. The Morgan fingerprint density at radius 1 is 1.00 bits per heavy atom. The number of hydrogen-bond acceptors (Lipinski definition) is 8. The summed E-state index contributed by atoms with van der Waals surface area (Å²) in [5, 5.41) is 0. The highest BCUT2D eigenvalue weighted by molar-refractivity contribution is 7.99. The summed E-state index contributed by atoms with van der Waals surface area (Å²) < 4.78 is 29.9. The van der Waals surface area contributed by atoms with Crippen LogP contribution >= 0.6 is 23.4 Å². The number of fused-ring (bicyclic) bond motifs is 1. The molecule has 6 atom stereocenters. The largest absolute Gasteiger partial charge is 0.454 e. The summed E-state index contributed by atoms with van der Waals surface area (Å²) in [6.07, 6.45) is -3.70. The third kappa shape index (κ3) is 5.70. The van der Waals surface area contributed by atoms with Crippen LogP contribution in [0.3, 0.4) is 0 Å². The van der Waals surface area contributed by atoms with E-state index in [9.17, 15) is 9.59 Å². The van der Waals surface area contributed by atoms with E-state index in [1.807, 2.05) is 43.3 Å². The number of alkyl halides is 1. The minimum absolute atomic E-state index is 0.235. The number of hydrogen-bond donors (Lipinski definition) is 0. The standard InChI is InChI=1S/C24H25ClO7S/c1-2-33-24-21(31-22(27)15-9-5-3-6-10-15)20(30-18(26)13-25)19-17(29-24)14-28-23(32-19)16-11-7-4-8-12-16/h3-12,17,19-21,23-24H,2,13-14H2,1H3/t17-,19+,20+,21-,23+,24+/m1/s1. The molecule has 2 aliphatic heterocycles. The van der Waals surface area contributed by atoms with Crippen LogP contribution in [0.1, 0.15) is 29.1 Å². The molecule has 176 valence electrons. The van der Waals surface area contributed by atoms with Gasteiger partial charge in [0.2, 0.25) is 0 Å². The zero-order valence-electron chi connectivity index (χ0n) is 18.0. The van der Waals surface area contributed by atoms with Crippen LogP contribution in [0.5, 0.6) is 0 Å². The summed E-state index contributed by atoms with van der Waals surface area (Å²) in [6.45, 7) is 2.20. The SMILES string of the molecule is CCS[C@@H]1O[C@@H]2CO[C@H](c3ccccc3)O[C@@H]2[C@H](OC(=O)CCl)[C@H]1OC(=O)c1ccccc1. The lowest BCUT2D eigenvalue weighted by Gasteiger charge is -2.48. The van der Waals surface area contributed by atoms with Gasteiger partial charge in [-0.2, -0.15) is 0 Å². The van der Waals surface area contributed by atoms with E-state index in [0.29, 0.717) is 11.3 Å². The van der Waals surface area contributed by atoms with Crippen molar-refractivity contribution in [3.63, 3.8) is 0 Å². The van der Waals surface area contributed by atoms with Crippen molar-refractivity contribution >= 4 is 35.3 Å². The lowest BCUT2D eigenvalue weighted by molar-refractivity contribution is -0.319. The second-order valence-corrected chi connectivity index (χ2v) is 9.14. The molecule has 33 heavy (non-hydrogen) atoms. The molecule has 2 aromatic rings. The first kappa shape index (κ1) is 24.0. The van der Waals surface area contributed by atoms with E-state index in [0.717, 1.165) is 5.56 Å². The van der Waals surface area contributed by atoms with Gasteiger partial charge < -0.3 is 23.7 Å². The molecule has 0 spiro atoms. The molecule has 2 aromatic carbocycles. The highest BCUT2D eigenvalue weighted by Crippen LogP contribution is 2.39. The van der Waals surface area contributed by atoms with E-state index >= 15 is 0 Å². The van der Waals surface area contributed by atoms with Gasteiger partial charge >= 0.3 is 11.9 Å². The Balaban J connectivity index is 1.62. The summed E-state index contributed by atoms with van der Waals surface area (Å²) >= 11 is 7.19. The fourth-order valence-electron chi connectivity index (χ4n) is 3.83. The molecule has 0 amide bonds. The van der Waals surface area contributed by atoms with E-state index in [1.54, 1.807) is 24.3 Å². The molecular formula is C24H25ClO7S. The first-order valence-electron chi connectivity index (χ1n) is 10.7. The van der Waals surface area contributed by atoms with E-state index in [-0.39, 0.29) is 12.5 Å². The summed E-state index contributed by atoms with van der Waals surface area (Å²) in [7, 11) is 0. The summed E-state index contributed by atoms with van der Waals surface area (Å²) in [4.78, 5) is 25.1. The van der Waals surface area contributed by atoms with Gasteiger partial charge in [0.15, 0.2) is 18.5 Å². The van der Waals surface area contributed by atoms with Crippen LogP contribution < -0.4 is 0 Å². The molecule has 2 saturated heterocycles. The van der Waals surface area contributed by atoms with Crippen LogP contribution in [0.25, 0.3) is 0 Å². The fraction of sp³-hybridized carbons (Fsp3) is 0.417. The van der Waals surface area contributed by atoms with Crippen LogP contribution in [-0.4, -0.2) is 60.0 Å². The first-order chi connectivity index (χ1) is 16.1. The Labute approximate surface area is 201 Å². The number of carbonyl (C=O) groups is 2. The maximum absolute atomic E-state index is 12.9. The van der Waals surface area contributed by atoms with Crippen LogP contribution in [-0.2, 0) is 28.5 Å². The highest BCUT2D eigenvalue weighted by Gasteiger charge is 2.53. The molecule has 9 heteroatoms. The predicted octanol–water partition coefficient (Wildman–Crippen LogP) is 3.95. The number of carbonyl (C=O) groups excluding carboxylic acids is 2.